The summed E-state index contributed by atoms with van der Waals surface area (Å²) in [6, 6.07) is 1.82. The number of nitrogens with one attached hydrogen (secondary N) is 1. The molecule has 0 saturated heterocycles. The number of hydrogen-bond donors (Lipinski definition) is 1. The molecule has 21 heavy (non-hydrogen) atoms. The lowest BCUT2D eigenvalue weighted by Gasteiger charge is -2.15. The molecule has 2 heterocycles. The minimum Gasteiger partial charge on any atom is -0.362 e. The molecule has 0 radical (unpaired) electrons. The van der Waals surface area contributed by atoms with Crippen molar-refractivity contribution in [2.45, 2.75) is 13.1 Å². The Balaban J connectivity index is 2.28. The van der Waals surface area contributed by atoms with Crippen LogP contribution in [0.1, 0.15) is 11.1 Å². The molecule has 1 N–H and O–H groups in total. The largest absolute Gasteiger partial charge is 0.416 e. The number of aromatic nitrogens is 3. The van der Waals surface area contributed by atoms with Gasteiger partial charge in [-0.3, -0.25) is 0 Å². The molecule has 0 spiro atoms. The van der Waals surface area contributed by atoms with Crippen LogP contribution in [-0.4, -0.2) is 29.0 Å². The zero-order valence-electron chi connectivity index (χ0n) is 11.7. The summed E-state index contributed by atoms with van der Waals surface area (Å²) in [4.78, 5) is 13.9. The van der Waals surface area contributed by atoms with Gasteiger partial charge in [-0.2, -0.15) is 18.2 Å². The first-order valence-corrected chi connectivity index (χ1v) is 6.08. The first kappa shape index (κ1) is 15.0. The highest BCUT2D eigenvalue weighted by Crippen LogP contribution is 2.30. The van der Waals surface area contributed by atoms with Crippen LogP contribution in [0.5, 0.6) is 0 Å². The van der Waals surface area contributed by atoms with Crippen molar-refractivity contribution in [1.29, 1.82) is 0 Å². The van der Waals surface area contributed by atoms with Gasteiger partial charge in [0.25, 0.3) is 0 Å². The molecule has 2 aromatic heterocycles. The zero-order valence-corrected chi connectivity index (χ0v) is 11.7. The number of alkyl halides is 3. The van der Waals surface area contributed by atoms with E-state index >= 15 is 0 Å². The molecule has 2 rings (SSSR count). The van der Waals surface area contributed by atoms with E-state index in [4.69, 9.17) is 0 Å². The molecule has 0 aromatic carbocycles. The fourth-order valence-electron chi connectivity index (χ4n) is 1.74. The molecule has 0 aliphatic rings. The summed E-state index contributed by atoms with van der Waals surface area (Å²) in [5, 5.41) is 2.68. The summed E-state index contributed by atoms with van der Waals surface area (Å²) in [5.41, 5.74) is 0.0856. The van der Waals surface area contributed by atoms with E-state index in [1.807, 2.05) is 21.0 Å². The van der Waals surface area contributed by atoms with E-state index in [0.717, 1.165) is 23.9 Å². The molecule has 0 aliphatic heterocycles. The van der Waals surface area contributed by atoms with Gasteiger partial charge in [0.15, 0.2) is 0 Å². The molecular weight excluding hydrogens is 283 g/mol. The SMILES string of the molecule is Cc1cnc(Nc2cc(C(F)(F)F)ccn2)nc1N(C)C. The Bertz CT molecular complexity index is 640. The molecule has 0 unspecified atom stereocenters. The van der Waals surface area contributed by atoms with Crippen LogP contribution in [0.15, 0.2) is 24.5 Å². The minimum atomic E-state index is -4.41. The minimum absolute atomic E-state index is 0.0402. The molecule has 112 valence electrons. The molecular formula is C13H14F3N5. The smallest absolute Gasteiger partial charge is 0.362 e. The van der Waals surface area contributed by atoms with E-state index < -0.39 is 11.7 Å². The van der Waals surface area contributed by atoms with Crippen LogP contribution in [0.2, 0.25) is 0 Å². The van der Waals surface area contributed by atoms with E-state index in [1.165, 1.54) is 0 Å². The molecule has 8 heteroatoms. The Hall–Kier alpha value is -2.38. The summed E-state index contributed by atoms with van der Waals surface area (Å²) < 4.78 is 37.9. The highest BCUT2D eigenvalue weighted by molar-refractivity contribution is 5.53. The van der Waals surface area contributed by atoms with Gasteiger partial charge in [-0.1, -0.05) is 0 Å². The van der Waals surface area contributed by atoms with E-state index in [0.29, 0.717) is 5.82 Å². The average molecular weight is 297 g/mol. The maximum Gasteiger partial charge on any atom is 0.416 e. The Morgan fingerprint density at radius 3 is 2.52 bits per heavy atom. The number of pyridine rings is 1. The Kier molecular flexibility index (Phi) is 3.97. The molecule has 0 atom stereocenters. The molecule has 0 amide bonds. The van der Waals surface area contributed by atoms with Crippen LogP contribution in [-0.2, 0) is 6.18 Å². The van der Waals surface area contributed by atoms with Crippen molar-refractivity contribution in [3.63, 3.8) is 0 Å². The van der Waals surface area contributed by atoms with Crippen molar-refractivity contribution in [3.8, 4) is 0 Å². The third-order valence-corrected chi connectivity index (χ3v) is 2.70. The standard InChI is InChI=1S/C13H14F3N5/c1-8-7-18-12(20-11(8)21(2)3)19-10-6-9(4-5-17-10)13(14,15)16/h4-7H,1-3H3,(H,17,18,19,20). The highest BCUT2D eigenvalue weighted by Gasteiger charge is 2.30. The van der Waals surface area contributed by atoms with Crippen LogP contribution >= 0.6 is 0 Å². The molecule has 0 aliphatic carbocycles. The third-order valence-electron chi connectivity index (χ3n) is 2.70. The number of hydrogen-bond acceptors (Lipinski definition) is 5. The normalized spacial score (nSPS) is 11.3. The fourth-order valence-corrected chi connectivity index (χ4v) is 1.74. The van der Waals surface area contributed by atoms with Gasteiger partial charge in [0.05, 0.1) is 5.56 Å². The Morgan fingerprint density at radius 2 is 1.90 bits per heavy atom. The maximum absolute atomic E-state index is 12.6. The van der Waals surface area contributed by atoms with Crippen molar-refractivity contribution < 1.29 is 13.2 Å². The van der Waals surface area contributed by atoms with Crippen molar-refractivity contribution in [2.24, 2.45) is 0 Å². The Morgan fingerprint density at radius 1 is 1.19 bits per heavy atom. The predicted molar refractivity (Wildman–Crippen MR) is 73.6 cm³/mol. The number of anilines is 3. The topological polar surface area (TPSA) is 53.9 Å². The number of rotatable bonds is 3. The number of aryl methyl sites for hydroxylation is 1. The van der Waals surface area contributed by atoms with Gasteiger partial charge < -0.3 is 10.2 Å². The van der Waals surface area contributed by atoms with Gasteiger partial charge >= 0.3 is 6.18 Å². The monoisotopic (exact) mass is 297 g/mol. The summed E-state index contributed by atoms with van der Waals surface area (Å²) in [5.74, 6) is 0.911. The summed E-state index contributed by atoms with van der Waals surface area (Å²) in [6.45, 7) is 1.85. The molecule has 0 saturated carbocycles. The third kappa shape index (κ3) is 3.59. The van der Waals surface area contributed by atoms with Gasteiger partial charge in [-0.05, 0) is 19.1 Å². The first-order chi connectivity index (χ1) is 9.77. The van der Waals surface area contributed by atoms with Gasteiger partial charge in [-0.15, -0.1) is 0 Å². The lowest BCUT2D eigenvalue weighted by atomic mass is 10.2. The maximum atomic E-state index is 12.6. The molecule has 0 bridgehead atoms. The predicted octanol–water partition coefficient (Wildman–Crippen LogP) is 3.01. The van der Waals surface area contributed by atoms with Gasteiger partial charge in [-0.25, -0.2) is 9.97 Å². The second-order valence-electron chi connectivity index (χ2n) is 4.65. The lowest BCUT2D eigenvalue weighted by Crippen LogP contribution is -2.14. The summed E-state index contributed by atoms with van der Waals surface area (Å²) in [6.07, 6.45) is -1.73. The van der Waals surface area contributed by atoms with E-state index in [9.17, 15) is 13.2 Å². The quantitative estimate of drug-likeness (QED) is 0.944. The second kappa shape index (κ2) is 5.55. The van der Waals surface area contributed by atoms with Gasteiger partial charge in [0, 0.05) is 32.1 Å². The van der Waals surface area contributed by atoms with Crippen LogP contribution < -0.4 is 10.2 Å². The lowest BCUT2D eigenvalue weighted by molar-refractivity contribution is -0.137. The highest BCUT2D eigenvalue weighted by atomic mass is 19.4. The zero-order chi connectivity index (χ0) is 15.6. The number of nitrogens with zero attached hydrogens (tertiary/aromatic N) is 4. The summed E-state index contributed by atoms with van der Waals surface area (Å²) in [7, 11) is 3.64. The number of halogens is 3. The fraction of sp³-hybridized carbons (Fsp3) is 0.308. The van der Waals surface area contributed by atoms with Crippen LogP contribution in [0.3, 0.4) is 0 Å². The summed E-state index contributed by atoms with van der Waals surface area (Å²) >= 11 is 0. The van der Waals surface area contributed by atoms with E-state index in [1.54, 1.807) is 11.1 Å². The molecule has 5 nitrogen and oxygen atoms in total. The van der Waals surface area contributed by atoms with Crippen molar-refractivity contribution >= 4 is 17.6 Å². The van der Waals surface area contributed by atoms with Crippen LogP contribution in [0, 0.1) is 6.92 Å². The van der Waals surface area contributed by atoms with Crippen LogP contribution in [0.25, 0.3) is 0 Å². The van der Waals surface area contributed by atoms with Crippen molar-refractivity contribution in [2.75, 3.05) is 24.3 Å². The van der Waals surface area contributed by atoms with Crippen molar-refractivity contribution in [1.82, 2.24) is 15.0 Å². The Labute approximate surface area is 119 Å². The van der Waals surface area contributed by atoms with Crippen molar-refractivity contribution in [3.05, 3.63) is 35.7 Å². The van der Waals surface area contributed by atoms with E-state index in [-0.39, 0.29) is 11.8 Å². The second-order valence-corrected chi connectivity index (χ2v) is 4.65. The van der Waals surface area contributed by atoms with E-state index in [2.05, 4.69) is 20.3 Å². The first-order valence-electron chi connectivity index (χ1n) is 6.08. The molecule has 0 fully saturated rings. The van der Waals surface area contributed by atoms with Gasteiger partial charge in [0.1, 0.15) is 11.6 Å². The van der Waals surface area contributed by atoms with Crippen LogP contribution in [0.4, 0.5) is 30.8 Å². The average Bonchev–Trinajstić information content (AvgIpc) is 2.40. The molecule has 2 aromatic rings. The van der Waals surface area contributed by atoms with Gasteiger partial charge in [0.2, 0.25) is 5.95 Å².